The van der Waals surface area contributed by atoms with Crippen LogP contribution in [0.3, 0.4) is 0 Å². The number of pyridine rings is 1. The molecule has 1 aromatic carbocycles. The third-order valence-electron chi connectivity index (χ3n) is 4.82. The minimum atomic E-state index is -3.09. The Kier molecular flexibility index (Phi) is 5.27. The van der Waals surface area contributed by atoms with Crippen molar-refractivity contribution in [2.24, 2.45) is 0 Å². The molecule has 0 radical (unpaired) electrons. The maximum atomic E-state index is 13.5. The van der Waals surface area contributed by atoms with Crippen LogP contribution in [-0.2, 0) is 4.79 Å². The molecule has 28 heavy (non-hydrogen) atoms. The van der Waals surface area contributed by atoms with Crippen LogP contribution in [0.15, 0.2) is 30.5 Å². The molecule has 0 unspecified atom stereocenters. The Hall–Kier alpha value is -3.08. The van der Waals surface area contributed by atoms with Crippen molar-refractivity contribution in [2.75, 3.05) is 13.1 Å². The summed E-state index contributed by atoms with van der Waals surface area (Å²) in [6.07, 6.45) is 0.816. The zero-order valence-electron chi connectivity index (χ0n) is 15.6. The fraction of sp³-hybridized carbons (Fsp3) is 0.400. The molecule has 1 saturated heterocycles. The van der Waals surface area contributed by atoms with Crippen molar-refractivity contribution in [3.8, 4) is 6.07 Å². The van der Waals surface area contributed by atoms with Crippen molar-refractivity contribution in [2.45, 2.75) is 38.2 Å². The summed E-state index contributed by atoms with van der Waals surface area (Å²) in [6, 6.07) is 7.74. The molecule has 0 bridgehead atoms. The van der Waals surface area contributed by atoms with Gasteiger partial charge >= 0.3 is 0 Å². The van der Waals surface area contributed by atoms with Crippen molar-refractivity contribution >= 4 is 22.7 Å². The van der Waals surface area contributed by atoms with E-state index in [0.717, 1.165) is 10.5 Å². The molecule has 2 aromatic rings. The second-order valence-corrected chi connectivity index (χ2v) is 7.20. The molecule has 1 N–H and O–H groups in total. The van der Waals surface area contributed by atoms with E-state index in [1.54, 1.807) is 12.1 Å². The lowest BCUT2D eigenvalue weighted by Gasteiger charge is -2.19. The normalized spacial score (nSPS) is 18.3. The summed E-state index contributed by atoms with van der Waals surface area (Å²) >= 11 is 0. The zero-order chi connectivity index (χ0) is 20.5. The molecule has 2 amide bonds. The molecular formula is C20H20F2N4O2. The standard InChI is InChI=1S/C20H20F2N4O2/c1-12(2)13-3-4-17-16(7-13)15(5-6-24-17)19(28)25-10-18(27)26-11-20(21,22)8-14(26)9-23/h3-7,12,14H,8,10-11H2,1-2H3,(H,25,28)/t14-/m0/s1. The molecule has 0 aliphatic carbocycles. The number of rotatable bonds is 4. The van der Waals surface area contributed by atoms with Gasteiger partial charge in [-0.2, -0.15) is 5.26 Å². The average Bonchev–Trinajstić information content (AvgIpc) is 2.99. The number of aromatic nitrogens is 1. The molecule has 1 aliphatic rings. The number of carbonyl (C=O) groups excluding carboxylic acids is 2. The van der Waals surface area contributed by atoms with Gasteiger partial charge in [-0.05, 0) is 29.7 Å². The first-order valence-electron chi connectivity index (χ1n) is 8.95. The predicted octanol–water partition coefficient (Wildman–Crippen LogP) is 2.85. The van der Waals surface area contributed by atoms with E-state index in [-0.39, 0.29) is 5.92 Å². The number of nitrogens with one attached hydrogen (secondary N) is 1. The molecule has 2 heterocycles. The lowest BCUT2D eigenvalue weighted by Crippen LogP contribution is -2.43. The molecule has 1 fully saturated rings. The highest BCUT2D eigenvalue weighted by Crippen LogP contribution is 2.31. The number of nitrogens with zero attached hydrogens (tertiary/aromatic N) is 3. The second-order valence-electron chi connectivity index (χ2n) is 7.20. The van der Waals surface area contributed by atoms with E-state index in [1.807, 2.05) is 32.0 Å². The number of hydrogen-bond acceptors (Lipinski definition) is 4. The van der Waals surface area contributed by atoms with Crippen LogP contribution in [0, 0.1) is 11.3 Å². The summed E-state index contributed by atoms with van der Waals surface area (Å²) in [6.45, 7) is 2.80. The number of likely N-dealkylation sites (tertiary alicyclic amines) is 1. The maximum Gasteiger partial charge on any atom is 0.268 e. The van der Waals surface area contributed by atoms with Crippen molar-refractivity contribution in [3.63, 3.8) is 0 Å². The number of hydrogen-bond donors (Lipinski definition) is 1. The van der Waals surface area contributed by atoms with Gasteiger partial charge in [0.05, 0.1) is 30.2 Å². The smallest absolute Gasteiger partial charge is 0.268 e. The van der Waals surface area contributed by atoms with Crippen LogP contribution in [0.2, 0.25) is 0 Å². The monoisotopic (exact) mass is 386 g/mol. The van der Waals surface area contributed by atoms with Crippen LogP contribution in [0.4, 0.5) is 8.78 Å². The van der Waals surface area contributed by atoms with Gasteiger partial charge in [0, 0.05) is 18.0 Å². The second kappa shape index (κ2) is 7.50. The van der Waals surface area contributed by atoms with E-state index < -0.39 is 43.3 Å². The lowest BCUT2D eigenvalue weighted by atomic mass is 9.99. The van der Waals surface area contributed by atoms with Gasteiger partial charge in [0.2, 0.25) is 5.91 Å². The van der Waals surface area contributed by atoms with Crippen LogP contribution in [0.1, 0.15) is 42.1 Å². The first-order chi connectivity index (χ1) is 13.2. The van der Waals surface area contributed by atoms with Crippen molar-refractivity contribution < 1.29 is 18.4 Å². The Bertz CT molecular complexity index is 968. The lowest BCUT2D eigenvalue weighted by molar-refractivity contribution is -0.131. The third kappa shape index (κ3) is 3.93. The summed E-state index contributed by atoms with van der Waals surface area (Å²) in [7, 11) is 0. The fourth-order valence-electron chi connectivity index (χ4n) is 3.27. The van der Waals surface area contributed by atoms with Gasteiger partial charge in [-0.1, -0.05) is 19.9 Å². The first-order valence-corrected chi connectivity index (χ1v) is 8.95. The SMILES string of the molecule is CC(C)c1ccc2nccc(C(=O)NCC(=O)N3CC(F)(F)C[C@H]3C#N)c2c1. The van der Waals surface area contributed by atoms with Crippen LogP contribution >= 0.6 is 0 Å². The topological polar surface area (TPSA) is 86.1 Å². The Morgan fingerprint density at radius 3 is 2.82 bits per heavy atom. The molecule has 6 nitrogen and oxygen atoms in total. The Morgan fingerprint density at radius 2 is 2.14 bits per heavy atom. The zero-order valence-corrected chi connectivity index (χ0v) is 15.6. The highest BCUT2D eigenvalue weighted by Gasteiger charge is 2.47. The molecule has 1 aromatic heterocycles. The Balaban J connectivity index is 1.76. The van der Waals surface area contributed by atoms with Crippen LogP contribution in [0.5, 0.6) is 0 Å². The minimum absolute atomic E-state index is 0.266. The number of carbonyl (C=O) groups is 2. The van der Waals surface area contributed by atoms with Crippen LogP contribution in [0.25, 0.3) is 10.9 Å². The van der Waals surface area contributed by atoms with Gasteiger partial charge in [-0.15, -0.1) is 0 Å². The summed E-state index contributed by atoms with van der Waals surface area (Å²) in [5, 5.41) is 12.1. The van der Waals surface area contributed by atoms with E-state index in [2.05, 4.69) is 10.3 Å². The molecule has 146 valence electrons. The quantitative estimate of drug-likeness (QED) is 0.876. The van der Waals surface area contributed by atoms with Crippen LogP contribution in [-0.4, -0.2) is 46.8 Å². The fourth-order valence-corrected chi connectivity index (χ4v) is 3.27. The number of fused-ring (bicyclic) bond motifs is 1. The summed E-state index contributed by atoms with van der Waals surface area (Å²) in [5.41, 5.74) is 2.04. The van der Waals surface area contributed by atoms with Crippen molar-refractivity contribution in [3.05, 3.63) is 41.6 Å². The number of alkyl halides is 2. The molecular weight excluding hydrogens is 366 g/mol. The van der Waals surface area contributed by atoms with Gasteiger partial charge in [-0.3, -0.25) is 14.6 Å². The molecule has 1 aliphatic heterocycles. The van der Waals surface area contributed by atoms with Gasteiger partial charge in [0.1, 0.15) is 6.04 Å². The number of amides is 2. The molecule has 3 rings (SSSR count). The predicted molar refractivity (Wildman–Crippen MR) is 98.8 cm³/mol. The van der Waals surface area contributed by atoms with Gasteiger partial charge in [-0.25, -0.2) is 8.78 Å². The summed E-state index contributed by atoms with van der Waals surface area (Å²) in [4.78, 5) is 29.9. The first kappa shape index (κ1) is 19.7. The number of nitriles is 1. The highest BCUT2D eigenvalue weighted by atomic mass is 19.3. The van der Waals surface area contributed by atoms with E-state index in [1.165, 1.54) is 6.20 Å². The highest BCUT2D eigenvalue weighted by molar-refractivity contribution is 6.07. The van der Waals surface area contributed by atoms with Crippen molar-refractivity contribution in [1.82, 2.24) is 15.2 Å². The Morgan fingerprint density at radius 1 is 1.39 bits per heavy atom. The largest absolute Gasteiger partial charge is 0.343 e. The van der Waals surface area contributed by atoms with Crippen molar-refractivity contribution in [1.29, 1.82) is 5.26 Å². The maximum absolute atomic E-state index is 13.5. The van der Waals surface area contributed by atoms with Gasteiger partial charge in [0.15, 0.2) is 0 Å². The molecule has 0 saturated carbocycles. The average molecular weight is 386 g/mol. The Labute approximate surface area is 161 Å². The van der Waals surface area contributed by atoms with E-state index >= 15 is 0 Å². The number of halogens is 2. The molecule has 1 atom stereocenters. The third-order valence-corrected chi connectivity index (χ3v) is 4.82. The van der Waals surface area contributed by atoms with E-state index in [9.17, 15) is 18.4 Å². The van der Waals surface area contributed by atoms with Gasteiger partial charge < -0.3 is 10.2 Å². The summed E-state index contributed by atoms with van der Waals surface area (Å²) in [5.74, 6) is -4.03. The minimum Gasteiger partial charge on any atom is -0.343 e. The van der Waals surface area contributed by atoms with Gasteiger partial charge in [0.25, 0.3) is 11.8 Å². The van der Waals surface area contributed by atoms with Crippen LogP contribution < -0.4 is 5.32 Å². The molecule has 0 spiro atoms. The van der Waals surface area contributed by atoms with E-state index in [0.29, 0.717) is 16.5 Å². The molecule has 8 heteroatoms. The summed E-state index contributed by atoms with van der Waals surface area (Å²) < 4.78 is 27.0. The van der Waals surface area contributed by atoms with E-state index in [4.69, 9.17) is 5.26 Å². The number of benzene rings is 1.